The predicted molar refractivity (Wildman–Crippen MR) is 70.5 cm³/mol. The summed E-state index contributed by atoms with van der Waals surface area (Å²) < 4.78 is 0. The maximum absolute atomic E-state index is 8.73. The Labute approximate surface area is 110 Å². The highest BCUT2D eigenvalue weighted by atomic mass is 32.1. The summed E-state index contributed by atoms with van der Waals surface area (Å²) in [5.74, 6) is 0.846. The molecule has 18 heavy (non-hydrogen) atoms. The Morgan fingerprint density at radius 2 is 2.33 bits per heavy atom. The standard InChI is InChI=1S/C13H12N4S/c1-9-11-3-5-18-12(11)2-4-17(9)13-8-15-10(6-14)7-16-13/h3,5,7-9H,2,4H2,1H3. The Balaban J connectivity index is 1.92. The number of aromatic nitrogens is 2. The predicted octanol–water partition coefficient (Wildman–Crippen LogP) is 2.53. The molecule has 1 atom stereocenters. The number of nitriles is 1. The highest BCUT2D eigenvalue weighted by Gasteiger charge is 2.25. The minimum absolute atomic E-state index is 0.322. The first-order valence-corrected chi connectivity index (χ1v) is 6.72. The van der Waals surface area contributed by atoms with Gasteiger partial charge in [-0.25, -0.2) is 9.97 Å². The van der Waals surface area contributed by atoms with Crippen molar-refractivity contribution < 1.29 is 0 Å². The van der Waals surface area contributed by atoms with Gasteiger partial charge >= 0.3 is 0 Å². The molecule has 5 heteroatoms. The van der Waals surface area contributed by atoms with Crippen molar-refractivity contribution in [2.75, 3.05) is 11.4 Å². The fourth-order valence-corrected chi connectivity index (χ4v) is 3.31. The van der Waals surface area contributed by atoms with E-state index in [0.717, 1.165) is 18.8 Å². The van der Waals surface area contributed by atoms with Crippen molar-refractivity contribution in [2.45, 2.75) is 19.4 Å². The smallest absolute Gasteiger partial charge is 0.158 e. The van der Waals surface area contributed by atoms with Gasteiger partial charge in [-0.2, -0.15) is 5.26 Å². The van der Waals surface area contributed by atoms with Crippen LogP contribution in [-0.4, -0.2) is 16.5 Å². The van der Waals surface area contributed by atoms with Crippen molar-refractivity contribution in [3.63, 3.8) is 0 Å². The lowest BCUT2D eigenvalue weighted by Gasteiger charge is -2.34. The van der Waals surface area contributed by atoms with Crippen LogP contribution in [0.2, 0.25) is 0 Å². The molecule has 3 rings (SSSR count). The molecular weight excluding hydrogens is 244 g/mol. The number of nitrogens with zero attached hydrogens (tertiary/aromatic N) is 4. The molecule has 1 aliphatic rings. The fraction of sp³-hybridized carbons (Fsp3) is 0.308. The molecule has 1 aliphatic heterocycles. The zero-order valence-electron chi connectivity index (χ0n) is 10.00. The summed E-state index contributed by atoms with van der Waals surface area (Å²) in [5.41, 5.74) is 1.75. The molecule has 3 heterocycles. The lowest BCUT2D eigenvalue weighted by Crippen LogP contribution is -2.33. The summed E-state index contributed by atoms with van der Waals surface area (Å²) in [4.78, 5) is 12.1. The average molecular weight is 256 g/mol. The first-order valence-electron chi connectivity index (χ1n) is 5.84. The molecule has 0 radical (unpaired) electrons. The van der Waals surface area contributed by atoms with Crippen molar-refractivity contribution >= 4 is 17.2 Å². The summed E-state index contributed by atoms with van der Waals surface area (Å²) >= 11 is 1.83. The van der Waals surface area contributed by atoms with E-state index in [2.05, 4.69) is 33.2 Å². The molecule has 2 aromatic heterocycles. The van der Waals surface area contributed by atoms with Crippen LogP contribution in [0.4, 0.5) is 5.82 Å². The van der Waals surface area contributed by atoms with Crippen LogP contribution in [-0.2, 0) is 6.42 Å². The largest absolute Gasteiger partial charge is 0.348 e. The Bertz CT molecular complexity index is 596. The van der Waals surface area contributed by atoms with Crippen LogP contribution in [0, 0.1) is 11.3 Å². The van der Waals surface area contributed by atoms with Crippen LogP contribution in [0.5, 0.6) is 0 Å². The molecule has 0 amide bonds. The van der Waals surface area contributed by atoms with Crippen LogP contribution < -0.4 is 4.90 Å². The van der Waals surface area contributed by atoms with Gasteiger partial charge in [-0.3, -0.25) is 0 Å². The second kappa shape index (κ2) is 4.39. The second-order valence-electron chi connectivity index (χ2n) is 4.29. The molecule has 90 valence electrons. The van der Waals surface area contributed by atoms with Gasteiger partial charge in [0.05, 0.1) is 18.4 Å². The van der Waals surface area contributed by atoms with Crippen molar-refractivity contribution in [3.05, 3.63) is 40.0 Å². The van der Waals surface area contributed by atoms with Crippen LogP contribution in [0.3, 0.4) is 0 Å². The van der Waals surface area contributed by atoms with Gasteiger partial charge in [0.2, 0.25) is 0 Å². The third-order valence-corrected chi connectivity index (χ3v) is 4.32. The van der Waals surface area contributed by atoms with Crippen molar-refractivity contribution in [2.24, 2.45) is 0 Å². The van der Waals surface area contributed by atoms with Gasteiger partial charge in [0, 0.05) is 11.4 Å². The van der Waals surface area contributed by atoms with E-state index in [4.69, 9.17) is 5.26 Å². The lowest BCUT2D eigenvalue weighted by atomic mass is 10.0. The molecule has 0 fully saturated rings. The number of hydrogen-bond donors (Lipinski definition) is 0. The van der Waals surface area contributed by atoms with Crippen molar-refractivity contribution in [3.8, 4) is 6.07 Å². The zero-order chi connectivity index (χ0) is 12.5. The van der Waals surface area contributed by atoms with Gasteiger partial charge in [0.25, 0.3) is 0 Å². The summed E-state index contributed by atoms with van der Waals surface area (Å²) in [6, 6.07) is 4.50. The fourth-order valence-electron chi connectivity index (χ4n) is 2.35. The van der Waals surface area contributed by atoms with Crippen molar-refractivity contribution in [1.29, 1.82) is 5.26 Å². The molecule has 0 saturated carbocycles. The van der Waals surface area contributed by atoms with Crippen LogP contribution in [0.1, 0.15) is 29.1 Å². The highest BCUT2D eigenvalue weighted by molar-refractivity contribution is 7.10. The van der Waals surface area contributed by atoms with Crippen molar-refractivity contribution in [1.82, 2.24) is 9.97 Å². The maximum atomic E-state index is 8.73. The van der Waals surface area contributed by atoms with E-state index in [1.54, 1.807) is 6.20 Å². The molecule has 0 saturated heterocycles. The van der Waals surface area contributed by atoms with Gasteiger partial charge in [0.15, 0.2) is 5.69 Å². The lowest BCUT2D eigenvalue weighted by molar-refractivity contribution is 0.623. The maximum Gasteiger partial charge on any atom is 0.158 e. The summed E-state index contributed by atoms with van der Waals surface area (Å²) in [7, 11) is 0. The molecular formula is C13H12N4S. The van der Waals surface area contributed by atoms with E-state index in [1.807, 2.05) is 17.4 Å². The molecule has 2 aromatic rings. The first-order chi connectivity index (χ1) is 8.79. The van der Waals surface area contributed by atoms with E-state index in [0.29, 0.717) is 11.7 Å². The van der Waals surface area contributed by atoms with E-state index in [-0.39, 0.29) is 0 Å². The third-order valence-electron chi connectivity index (χ3n) is 3.32. The minimum Gasteiger partial charge on any atom is -0.348 e. The van der Waals surface area contributed by atoms with E-state index in [9.17, 15) is 0 Å². The number of rotatable bonds is 1. The van der Waals surface area contributed by atoms with Gasteiger partial charge in [0.1, 0.15) is 11.9 Å². The molecule has 0 aromatic carbocycles. The third kappa shape index (κ3) is 1.75. The molecule has 0 aliphatic carbocycles. The van der Waals surface area contributed by atoms with E-state index >= 15 is 0 Å². The first kappa shape index (κ1) is 11.2. The van der Waals surface area contributed by atoms with Gasteiger partial charge in [-0.05, 0) is 30.4 Å². The Morgan fingerprint density at radius 1 is 1.44 bits per heavy atom. The van der Waals surface area contributed by atoms with E-state index < -0.39 is 0 Å². The number of thiophene rings is 1. The van der Waals surface area contributed by atoms with E-state index in [1.165, 1.54) is 16.6 Å². The average Bonchev–Trinajstić information content (AvgIpc) is 2.89. The molecule has 1 unspecified atom stereocenters. The molecule has 4 nitrogen and oxygen atoms in total. The SMILES string of the molecule is CC1c2ccsc2CCN1c1cnc(C#N)cn1. The second-order valence-corrected chi connectivity index (χ2v) is 5.29. The summed E-state index contributed by atoms with van der Waals surface area (Å²) in [6.07, 6.45) is 4.27. The summed E-state index contributed by atoms with van der Waals surface area (Å²) in [5, 5.41) is 10.9. The topological polar surface area (TPSA) is 52.8 Å². The molecule has 0 spiro atoms. The van der Waals surface area contributed by atoms with Gasteiger partial charge in [-0.1, -0.05) is 0 Å². The minimum atomic E-state index is 0.322. The van der Waals surface area contributed by atoms with Gasteiger partial charge < -0.3 is 4.90 Å². The van der Waals surface area contributed by atoms with Crippen LogP contribution >= 0.6 is 11.3 Å². The number of anilines is 1. The Hall–Kier alpha value is -1.93. The van der Waals surface area contributed by atoms with Crippen LogP contribution in [0.15, 0.2) is 23.8 Å². The number of fused-ring (bicyclic) bond motifs is 1. The monoisotopic (exact) mass is 256 g/mol. The van der Waals surface area contributed by atoms with Crippen LogP contribution in [0.25, 0.3) is 0 Å². The number of hydrogen-bond acceptors (Lipinski definition) is 5. The quantitative estimate of drug-likeness (QED) is 0.786. The molecule has 0 bridgehead atoms. The van der Waals surface area contributed by atoms with Gasteiger partial charge in [-0.15, -0.1) is 11.3 Å². The zero-order valence-corrected chi connectivity index (χ0v) is 10.8. The Morgan fingerprint density at radius 3 is 3.06 bits per heavy atom. The summed E-state index contributed by atoms with van der Waals surface area (Å²) in [6.45, 7) is 3.14. The Kier molecular flexibility index (Phi) is 2.73. The molecule has 0 N–H and O–H groups in total. The highest BCUT2D eigenvalue weighted by Crippen LogP contribution is 2.34. The normalized spacial score (nSPS) is 18.2.